The minimum absolute atomic E-state index is 0.201. The minimum Gasteiger partial charge on any atom is -0.388 e. The van der Waals surface area contributed by atoms with Gasteiger partial charge in [0.1, 0.15) is 5.84 Å². The normalized spacial score (nSPS) is 14.4. The highest BCUT2D eigenvalue weighted by Crippen LogP contribution is 2.09. The lowest BCUT2D eigenvalue weighted by Gasteiger charge is -2.29. The van der Waals surface area contributed by atoms with Crippen LogP contribution < -0.4 is 11.1 Å². The molecule has 0 aliphatic carbocycles. The van der Waals surface area contributed by atoms with Gasteiger partial charge >= 0.3 is 0 Å². The Balaban J connectivity index is 1.88. The van der Waals surface area contributed by atoms with Gasteiger partial charge in [0.2, 0.25) is 0 Å². The number of nitrogens with zero attached hydrogens (tertiary/aromatic N) is 4. The van der Waals surface area contributed by atoms with Crippen molar-refractivity contribution in [1.82, 2.24) is 15.1 Å². The number of benzene rings is 1. The van der Waals surface area contributed by atoms with E-state index < -0.39 is 0 Å². The van der Waals surface area contributed by atoms with Gasteiger partial charge < -0.3 is 20.9 Å². The summed E-state index contributed by atoms with van der Waals surface area (Å²) < 4.78 is 0. The van der Waals surface area contributed by atoms with Crippen LogP contribution in [0.4, 0.5) is 0 Å². The van der Waals surface area contributed by atoms with Crippen molar-refractivity contribution in [2.45, 2.75) is 19.3 Å². The van der Waals surface area contributed by atoms with Crippen molar-refractivity contribution in [2.75, 3.05) is 47.3 Å². The molecule has 26 heavy (non-hydrogen) atoms. The zero-order valence-electron chi connectivity index (χ0n) is 16.1. The number of likely N-dealkylation sites (N-methyl/N-ethyl adjacent to an activating group) is 1. The number of hydrogen-bond acceptors (Lipinski definition) is 4. The van der Waals surface area contributed by atoms with Crippen molar-refractivity contribution >= 4 is 17.6 Å². The number of rotatable bonds is 7. The molecule has 0 bridgehead atoms. The van der Waals surface area contributed by atoms with Crippen molar-refractivity contribution in [3.63, 3.8) is 0 Å². The first-order valence-electron chi connectivity index (χ1n) is 9.11. The van der Waals surface area contributed by atoms with Crippen LogP contribution in [-0.4, -0.2) is 74.8 Å². The summed E-state index contributed by atoms with van der Waals surface area (Å²) in [5.41, 5.74) is 7.89. The molecule has 7 nitrogen and oxygen atoms in total. The van der Waals surface area contributed by atoms with Gasteiger partial charge in [-0.05, 0) is 18.4 Å². The van der Waals surface area contributed by atoms with Crippen LogP contribution in [0.2, 0.25) is 0 Å². The van der Waals surface area contributed by atoms with E-state index in [-0.39, 0.29) is 5.84 Å². The Labute approximate surface area is 156 Å². The second-order valence-corrected chi connectivity index (χ2v) is 6.60. The highest BCUT2D eigenvalue weighted by molar-refractivity contribution is 5.99. The van der Waals surface area contributed by atoms with E-state index in [0.717, 1.165) is 49.8 Å². The lowest BCUT2D eigenvalue weighted by Crippen LogP contribution is -2.42. The van der Waals surface area contributed by atoms with Crippen LogP contribution in [0.1, 0.15) is 24.0 Å². The van der Waals surface area contributed by atoms with Crippen LogP contribution in [0.15, 0.2) is 34.3 Å². The van der Waals surface area contributed by atoms with Gasteiger partial charge in [-0.25, -0.2) is 0 Å². The molecule has 0 fully saturated rings. The van der Waals surface area contributed by atoms with Gasteiger partial charge in [0, 0.05) is 59.3 Å². The maximum Gasteiger partial charge on any atom is 0.195 e. The first-order chi connectivity index (χ1) is 12.5. The third-order valence-corrected chi connectivity index (χ3v) is 4.46. The van der Waals surface area contributed by atoms with Gasteiger partial charge in [-0.15, -0.1) is 0 Å². The quantitative estimate of drug-likeness (QED) is 0.504. The van der Waals surface area contributed by atoms with Crippen LogP contribution in [0.25, 0.3) is 0 Å². The number of guanidine groups is 1. The van der Waals surface area contributed by atoms with E-state index in [9.17, 15) is 0 Å². The molecule has 1 aromatic rings. The number of amidine groups is 2. The molecule has 1 aliphatic rings. The molecule has 0 atom stereocenters. The Bertz CT molecular complexity index is 648. The molecule has 7 heteroatoms. The Hall–Kier alpha value is -2.57. The molecule has 0 spiro atoms. The molecule has 0 unspecified atom stereocenters. The maximum absolute atomic E-state index is 7.36. The average Bonchev–Trinajstić information content (AvgIpc) is 2.66. The van der Waals surface area contributed by atoms with Gasteiger partial charge in [-0.2, -0.15) is 0 Å². The summed E-state index contributed by atoms with van der Waals surface area (Å²) in [6, 6.07) is 8.62. The summed E-state index contributed by atoms with van der Waals surface area (Å²) in [4.78, 5) is 13.1. The fourth-order valence-corrected chi connectivity index (χ4v) is 2.97. The fraction of sp³-hybridized carbons (Fsp3) is 0.526. The van der Waals surface area contributed by atoms with Gasteiger partial charge in [-0.3, -0.25) is 15.4 Å². The van der Waals surface area contributed by atoms with Gasteiger partial charge in [-0.1, -0.05) is 24.3 Å². The number of hydrogen-bond donors (Lipinski definition) is 3. The Morgan fingerprint density at radius 2 is 1.92 bits per heavy atom. The molecule has 0 aromatic heterocycles. The molecule has 0 radical (unpaired) electrons. The Kier molecular flexibility index (Phi) is 7.44. The SMILES string of the molecule is CN=C(N(C)CCC(=N)N)N(C)CCc1ccc(C2=NCCCN2)cc1. The van der Waals surface area contributed by atoms with Gasteiger partial charge in [0.25, 0.3) is 0 Å². The predicted molar refractivity (Wildman–Crippen MR) is 109 cm³/mol. The largest absolute Gasteiger partial charge is 0.388 e. The van der Waals surface area contributed by atoms with E-state index in [1.807, 2.05) is 19.0 Å². The summed E-state index contributed by atoms with van der Waals surface area (Å²) >= 11 is 0. The maximum atomic E-state index is 7.36. The molecule has 1 heterocycles. The molecule has 0 saturated heterocycles. The van der Waals surface area contributed by atoms with Crippen molar-refractivity contribution in [1.29, 1.82) is 5.41 Å². The number of nitrogens with one attached hydrogen (secondary N) is 2. The molecule has 1 aliphatic heterocycles. The smallest absolute Gasteiger partial charge is 0.195 e. The highest BCUT2D eigenvalue weighted by Gasteiger charge is 2.12. The Morgan fingerprint density at radius 3 is 2.50 bits per heavy atom. The lowest BCUT2D eigenvalue weighted by atomic mass is 10.1. The lowest BCUT2D eigenvalue weighted by molar-refractivity contribution is 0.394. The van der Waals surface area contributed by atoms with Gasteiger partial charge in [0.15, 0.2) is 5.96 Å². The summed E-state index contributed by atoms with van der Waals surface area (Å²) in [6.07, 6.45) is 2.59. The fourth-order valence-electron chi connectivity index (χ4n) is 2.97. The zero-order chi connectivity index (χ0) is 18.9. The standard InChI is InChI=1S/C19H31N7/c1-22-19(26(3)14-10-17(20)21)25(2)13-9-15-5-7-16(8-6-15)18-23-11-4-12-24-18/h5-8H,4,9-14H2,1-3H3,(H3,20,21)(H,23,24). The van der Waals surface area contributed by atoms with E-state index in [0.29, 0.717) is 13.0 Å². The first kappa shape index (κ1) is 19.8. The predicted octanol–water partition coefficient (Wildman–Crippen LogP) is 1.14. The molecule has 1 aromatic carbocycles. The second-order valence-electron chi connectivity index (χ2n) is 6.60. The zero-order valence-corrected chi connectivity index (χ0v) is 16.1. The van der Waals surface area contributed by atoms with Crippen LogP contribution in [-0.2, 0) is 6.42 Å². The third-order valence-electron chi connectivity index (χ3n) is 4.46. The average molecular weight is 358 g/mol. The van der Waals surface area contributed by atoms with Gasteiger partial charge in [0.05, 0.1) is 5.84 Å². The van der Waals surface area contributed by atoms with Crippen LogP contribution in [0.5, 0.6) is 0 Å². The molecule has 2 rings (SSSR count). The van der Waals surface area contributed by atoms with Crippen LogP contribution in [0.3, 0.4) is 0 Å². The summed E-state index contributed by atoms with van der Waals surface area (Å²) in [5.74, 6) is 2.11. The molecule has 142 valence electrons. The van der Waals surface area contributed by atoms with E-state index in [1.54, 1.807) is 7.05 Å². The Morgan fingerprint density at radius 1 is 1.23 bits per heavy atom. The first-order valence-corrected chi connectivity index (χ1v) is 9.11. The van der Waals surface area contributed by atoms with Crippen LogP contribution in [0, 0.1) is 5.41 Å². The molecular weight excluding hydrogens is 326 g/mol. The monoisotopic (exact) mass is 357 g/mol. The van der Waals surface area contributed by atoms with E-state index >= 15 is 0 Å². The molecular formula is C19H31N7. The van der Waals surface area contributed by atoms with E-state index in [1.165, 1.54) is 5.56 Å². The van der Waals surface area contributed by atoms with Crippen molar-refractivity contribution in [3.05, 3.63) is 35.4 Å². The van der Waals surface area contributed by atoms with E-state index in [2.05, 4.69) is 44.5 Å². The van der Waals surface area contributed by atoms with Crippen LogP contribution >= 0.6 is 0 Å². The van der Waals surface area contributed by atoms with Crippen molar-refractivity contribution in [3.8, 4) is 0 Å². The second kappa shape index (κ2) is 9.79. The number of aliphatic imine (C=N–C) groups is 2. The summed E-state index contributed by atoms with van der Waals surface area (Å²) in [5, 5.41) is 10.7. The summed E-state index contributed by atoms with van der Waals surface area (Å²) in [7, 11) is 5.82. The summed E-state index contributed by atoms with van der Waals surface area (Å²) in [6.45, 7) is 3.47. The number of nitrogens with two attached hydrogens (primary N) is 1. The molecule has 0 saturated carbocycles. The van der Waals surface area contributed by atoms with E-state index in [4.69, 9.17) is 11.1 Å². The van der Waals surface area contributed by atoms with Crippen molar-refractivity contribution in [2.24, 2.45) is 15.7 Å². The topological polar surface area (TPSA) is 93.1 Å². The highest BCUT2D eigenvalue weighted by atomic mass is 15.3. The molecule has 4 N–H and O–H groups in total. The third kappa shape index (κ3) is 5.75. The minimum atomic E-state index is 0.201. The van der Waals surface area contributed by atoms with Crippen molar-refractivity contribution < 1.29 is 0 Å². The molecule has 0 amide bonds.